The largest absolute Gasteiger partial charge is 0.468 e. The van der Waals surface area contributed by atoms with Gasteiger partial charge in [-0.3, -0.25) is 4.79 Å². The van der Waals surface area contributed by atoms with E-state index in [2.05, 4.69) is 5.32 Å². The molecule has 0 saturated heterocycles. The molecule has 0 heterocycles. The van der Waals surface area contributed by atoms with Gasteiger partial charge in [0.2, 0.25) is 0 Å². The number of halogens is 2. The molecular weight excluding hydrogens is 273 g/mol. The van der Waals surface area contributed by atoms with E-state index in [1.54, 1.807) is 6.07 Å². The van der Waals surface area contributed by atoms with Crippen LogP contribution in [0.15, 0.2) is 18.2 Å². The number of benzene rings is 1. The van der Waals surface area contributed by atoms with E-state index in [1.807, 2.05) is 26.0 Å². The zero-order chi connectivity index (χ0) is 13.7. The maximum atomic E-state index is 11.6. The molecule has 1 N–H and O–H groups in total. The van der Waals surface area contributed by atoms with Gasteiger partial charge in [0.15, 0.2) is 0 Å². The first kappa shape index (κ1) is 15.3. The maximum absolute atomic E-state index is 11.6. The topological polar surface area (TPSA) is 38.3 Å². The zero-order valence-electron chi connectivity index (χ0n) is 10.7. The van der Waals surface area contributed by atoms with Gasteiger partial charge < -0.3 is 10.1 Å². The fourth-order valence-corrected chi connectivity index (χ4v) is 2.01. The van der Waals surface area contributed by atoms with Gasteiger partial charge in [-0.25, -0.2) is 0 Å². The number of carbonyl (C=O) groups is 1. The third-order valence-corrected chi connectivity index (χ3v) is 3.52. The summed E-state index contributed by atoms with van der Waals surface area (Å²) in [5.41, 5.74) is 0.860. The van der Waals surface area contributed by atoms with Crippen LogP contribution in [0.25, 0.3) is 0 Å². The molecule has 1 rings (SSSR count). The molecule has 0 bridgehead atoms. The van der Waals surface area contributed by atoms with Crippen LogP contribution < -0.4 is 5.32 Å². The Morgan fingerprint density at radius 2 is 2.06 bits per heavy atom. The highest BCUT2D eigenvalue weighted by Crippen LogP contribution is 2.25. The average molecular weight is 290 g/mol. The maximum Gasteiger partial charge on any atom is 0.323 e. The Labute approximate surface area is 117 Å². The molecule has 0 spiro atoms. The molecule has 1 atom stereocenters. The van der Waals surface area contributed by atoms with Crippen LogP contribution >= 0.6 is 23.2 Å². The normalized spacial score (nSPS) is 12.6. The summed E-state index contributed by atoms with van der Waals surface area (Å²) >= 11 is 12.0. The Kier molecular flexibility index (Phi) is 5.93. The molecule has 0 saturated carbocycles. The van der Waals surface area contributed by atoms with Gasteiger partial charge in [-0.15, -0.1) is 0 Å². The fourth-order valence-electron chi connectivity index (χ4n) is 1.62. The molecule has 0 aromatic heterocycles. The third kappa shape index (κ3) is 3.87. The number of hydrogen-bond acceptors (Lipinski definition) is 3. The number of hydrogen-bond donors (Lipinski definition) is 1. The molecule has 0 radical (unpaired) electrons. The summed E-state index contributed by atoms with van der Waals surface area (Å²) < 4.78 is 4.76. The second-order valence-electron chi connectivity index (χ2n) is 4.34. The van der Waals surface area contributed by atoms with Crippen LogP contribution in [-0.2, 0) is 16.1 Å². The van der Waals surface area contributed by atoms with E-state index in [4.69, 9.17) is 27.9 Å². The average Bonchev–Trinajstić information content (AvgIpc) is 2.33. The van der Waals surface area contributed by atoms with E-state index in [0.29, 0.717) is 16.6 Å². The molecule has 0 aliphatic heterocycles. The smallest absolute Gasteiger partial charge is 0.323 e. The Morgan fingerprint density at radius 1 is 1.39 bits per heavy atom. The summed E-state index contributed by atoms with van der Waals surface area (Å²) in [6, 6.07) is 5.07. The van der Waals surface area contributed by atoms with Crippen molar-refractivity contribution in [2.75, 3.05) is 7.11 Å². The van der Waals surface area contributed by atoms with Crippen molar-refractivity contribution < 1.29 is 9.53 Å². The zero-order valence-corrected chi connectivity index (χ0v) is 12.2. The molecule has 0 fully saturated rings. The first-order valence-electron chi connectivity index (χ1n) is 5.71. The lowest BCUT2D eigenvalue weighted by Crippen LogP contribution is -2.41. The van der Waals surface area contributed by atoms with Crippen molar-refractivity contribution in [2.45, 2.75) is 26.4 Å². The number of carbonyl (C=O) groups excluding carboxylic acids is 1. The van der Waals surface area contributed by atoms with Gasteiger partial charge >= 0.3 is 5.97 Å². The van der Waals surface area contributed by atoms with E-state index in [-0.39, 0.29) is 17.9 Å². The molecule has 1 aromatic rings. The van der Waals surface area contributed by atoms with Crippen LogP contribution in [0.5, 0.6) is 0 Å². The summed E-state index contributed by atoms with van der Waals surface area (Å²) in [7, 11) is 1.38. The monoisotopic (exact) mass is 289 g/mol. The third-order valence-electron chi connectivity index (χ3n) is 2.67. The second kappa shape index (κ2) is 6.98. The SMILES string of the molecule is COC(=O)C(NCc1cccc(Cl)c1Cl)C(C)C. The number of ether oxygens (including phenoxy) is 1. The minimum atomic E-state index is -0.356. The Morgan fingerprint density at radius 3 is 2.61 bits per heavy atom. The van der Waals surface area contributed by atoms with Crippen LogP contribution in [0.2, 0.25) is 10.0 Å². The Bertz CT molecular complexity index is 421. The number of esters is 1. The van der Waals surface area contributed by atoms with E-state index >= 15 is 0 Å². The molecule has 1 unspecified atom stereocenters. The van der Waals surface area contributed by atoms with E-state index in [0.717, 1.165) is 5.56 Å². The fraction of sp³-hybridized carbons (Fsp3) is 0.462. The van der Waals surface area contributed by atoms with Gasteiger partial charge in [0.05, 0.1) is 17.2 Å². The van der Waals surface area contributed by atoms with Gasteiger partial charge in [0, 0.05) is 6.54 Å². The Balaban J connectivity index is 2.73. The van der Waals surface area contributed by atoms with Crippen molar-refractivity contribution in [3.8, 4) is 0 Å². The minimum Gasteiger partial charge on any atom is -0.468 e. The van der Waals surface area contributed by atoms with Crippen LogP contribution in [0.4, 0.5) is 0 Å². The highest BCUT2D eigenvalue weighted by Gasteiger charge is 2.22. The lowest BCUT2D eigenvalue weighted by molar-refractivity contribution is -0.144. The summed E-state index contributed by atoms with van der Waals surface area (Å²) in [5, 5.41) is 4.16. The highest BCUT2D eigenvalue weighted by atomic mass is 35.5. The standard InChI is InChI=1S/C13H17Cl2NO2/c1-8(2)12(13(17)18-3)16-7-9-5-4-6-10(14)11(9)15/h4-6,8,12,16H,7H2,1-3H3. The van der Waals surface area contributed by atoms with Crippen LogP contribution in [-0.4, -0.2) is 19.1 Å². The van der Waals surface area contributed by atoms with Crippen molar-refractivity contribution in [1.82, 2.24) is 5.32 Å². The minimum absolute atomic E-state index is 0.135. The first-order chi connectivity index (χ1) is 8.47. The summed E-state index contributed by atoms with van der Waals surface area (Å²) in [4.78, 5) is 11.6. The highest BCUT2D eigenvalue weighted by molar-refractivity contribution is 6.42. The molecule has 100 valence electrons. The lowest BCUT2D eigenvalue weighted by atomic mass is 10.0. The van der Waals surface area contributed by atoms with Crippen molar-refractivity contribution in [3.63, 3.8) is 0 Å². The van der Waals surface area contributed by atoms with Crippen LogP contribution in [0.3, 0.4) is 0 Å². The molecule has 5 heteroatoms. The van der Waals surface area contributed by atoms with Crippen molar-refractivity contribution in [1.29, 1.82) is 0 Å². The summed E-state index contributed by atoms with van der Waals surface area (Å²) in [5.74, 6) is -0.140. The van der Waals surface area contributed by atoms with Crippen molar-refractivity contribution >= 4 is 29.2 Å². The van der Waals surface area contributed by atoms with Crippen molar-refractivity contribution in [2.24, 2.45) is 5.92 Å². The molecule has 0 aliphatic rings. The second-order valence-corrected chi connectivity index (χ2v) is 5.12. The Hall–Kier alpha value is -0.770. The number of rotatable bonds is 5. The lowest BCUT2D eigenvalue weighted by Gasteiger charge is -2.20. The van der Waals surface area contributed by atoms with Gasteiger partial charge in [-0.05, 0) is 17.5 Å². The van der Waals surface area contributed by atoms with Gasteiger partial charge in [-0.2, -0.15) is 0 Å². The molecule has 0 amide bonds. The van der Waals surface area contributed by atoms with Gasteiger partial charge in [0.25, 0.3) is 0 Å². The van der Waals surface area contributed by atoms with E-state index < -0.39 is 0 Å². The van der Waals surface area contributed by atoms with Gasteiger partial charge in [-0.1, -0.05) is 49.2 Å². The van der Waals surface area contributed by atoms with Crippen LogP contribution in [0, 0.1) is 5.92 Å². The van der Waals surface area contributed by atoms with Crippen LogP contribution in [0.1, 0.15) is 19.4 Å². The first-order valence-corrected chi connectivity index (χ1v) is 6.47. The van der Waals surface area contributed by atoms with E-state index in [1.165, 1.54) is 7.11 Å². The number of nitrogens with one attached hydrogen (secondary N) is 1. The molecule has 1 aromatic carbocycles. The van der Waals surface area contributed by atoms with Gasteiger partial charge in [0.1, 0.15) is 6.04 Å². The van der Waals surface area contributed by atoms with Crippen molar-refractivity contribution in [3.05, 3.63) is 33.8 Å². The quantitative estimate of drug-likeness (QED) is 0.846. The van der Waals surface area contributed by atoms with E-state index in [9.17, 15) is 4.79 Å². The molecule has 3 nitrogen and oxygen atoms in total. The predicted octanol–water partition coefficient (Wildman–Crippen LogP) is 3.28. The summed E-state index contributed by atoms with van der Waals surface area (Å²) in [6.45, 7) is 4.37. The molecule has 0 aliphatic carbocycles. The molecular formula is C13H17Cl2NO2. The summed E-state index contributed by atoms with van der Waals surface area (Å²) in [6.07, 6.45) is 0. The predicted molar refractivity (Wildman–Crippen MR) is 73.9 cm³/mol. The number of methoxy groups -OCH3 is 1. The molecule has 18 heavy (non-hydrogen) atoms.